The van der Waals surface area contributed by atoms with Crippen molar-refractivity contribution in [2.24, 2.45) is 17.6 Å². The van der Waals surface area contributed by atoms with Crippen molar-refractivity contribution in [2.75, 3.05) is 13.1 Å². The van der Waals surface area contributed by atoms with E-state index in [0.717, 1.165) is 25.9 Å². The minimum absolute atomic E-state index is 0.284. The molecule has 1 heterocycles. The molecule has 3 rings (SSSR count). The summed E-state index contributed by atoms with van der Waals surface area (Å²) >= 11 is 0. The highest BCUT2D eigenvalue weighted by atomic mass is 16.2. The third-order valence-electron chi connectivity index (χ3n) is 5.29. The Bertz CT molecular complexity index is 540. The molecule has 1 saturated carbocycles. The predicted octanol–water partition coefficient (Wildman–Crippen LogP) is 2.43. The van der Waals surface area contributed by atoms with Crippen molar-refractivity contribution in [3.8, 4) is 0 Å². The van der Waals surface area contributed by atoms with E-state index in [1.807, 2.05) is 0 Å². The molecule has 2 aliphatic rings. The predicted molar refractivity (Wildman–Crippen MR) is 85.0 cm³/mol. The van der Waals surface area contributed by atoms with Gasteiger partial charge in [-0.25, -0.2) is 0 Å². The van der Waals surface area contributed by atoms with Crippen molar-refractivity contribution < 1.29 is 4.79 Å². The quantitative estimate of drug-likeness (QED) is 0.907. The smallest absolute Gasteiger partial charge is 0.227 e. The Morgan fingerprint density at radius 1 is 1.24 bits per heavy atom. The summed E-state index contributed by atoms with van der Waals surface area (Å²) in [4.78, 5) is 14.7. The van der Waals surface area contributed by atoms with Crippen molar-refractivity contribution in [1.29, 1.82) is 0 Å². The van der Waals surface area contributed by atoms with E-state index in [1.165, 1.54) is 23.1 Å². The summed E-state index contributed by atoms with van der Waals surface area (Å²) in [5.41, 5.74) is 9.68. The zero-order chi connectivity index (χ0) is 15.0. The standard InChI is InChI=1S/C18H26N2O/c1-12-3-4-13(2)15(7-12)9-18(21)20-10-14-5-6-17(19)8-16(14)11-20/h3-4,7,14,16-17H,5-6,8-11,19H2,1-2H3/t14-,16+,17?/m1/s1. The van der Waals surface area contributed by atoms with Gasteiger partial charge in [-0.1, -0.05) is 23.8 Å². The first-order valence-corrected chi connectivity index (χ1v) is 8.12. The number of nitrogens with two attached hydrogens (primary N) is 1. The first kappa shape index (κ1) is 14.6. The van der Waals surface area contributed by atoms with Crippen LogP contribution in [0.4, 0.5) is 0 Å². The number of rotatable bonds is 2. The molecule has 2 fully saturated rings. The number of hydrogen-bond donors (Lipinski definition) is 1. The number of carbonyl (C=O) groups excluding carboxylic acids is 1. The van der Waals surface area contributed by atoms with Crippen LogP contribution in [-0.2, 0) is 11.2 Å². The molecule has 3 nitrogen and oxygen atoms in total. The van der Waals surface area contributed by atoms with Crippen LogP contribution in [0.2, 0.25) is 0 Å². The Morgan fingerprint density at radius 2 is 2.00 bits per heavy atom. The second-order valence-electron chi connectivity index (χ2n) is 7.00. The topological polar surface area (TPSA) is 46.3 Å². The number of fused-ring (bicyclic) bond motifs is 1. The van der Waals surface area contributed by atoms with E-state index in [1.54, 1.807) is 0 Å². The minimum Gasteiger partial charge on any atom is -0.342 e. The normalized spacial score (nSPS) is 28.5. The highest BCUT2D eigenvalue weighted by molar-refractivity contribution is 5.79. The van der Waals surface area contributed by atoms with E-state index >= 15 is 0 Å². The molecule has 1 aromatic rings. The molecule has 1 aliphatic heterocycles. The molecule has 0 bridgehead atoms. The van der Waals surface area contributed by atoms with Crippen LogP contribution < -0.4 is 5.73 Å². The van der Waals surface area contributed by atoms with Crippen LogP contribution in [0.3, 0.4) is 0 Å². The van der Waals surface area contributed by atoms with Crippen molar-refractivity contribution in [3.63, 3.8) is 0 Å². The Kier molecular flexibility index (Phi) is 4.03. The van der Waals surface area contributed by atoms with E-state index < -0.39 is 0 Å². The van der Waals surface area contributed by atoms with E-state index in [9.17, 15) is 4.79 Å². The van der Waals surface area contributed by atoms with Gasteiger partial charge in [-0.2, -0.15) is 0 Å². The van der Waals surface area contributed by atoms with Gasteiger partial charge >= 0.3 is 0 Å². The molecule has 0 radical (unpaired) electrons. The number of nitrogens with zero attached hydrogens (tertiary/aromatic N) is 1. The summed E-state index contributed by atoms with van der Waals surface area (Å²) in [7, 11) is 0. The Morgan fingerprint density at radius 3 is 2.81 bits per heavy atom. The van der Waals surface area contributed by atoms with Gasteiger partial charge in [-0.05, 0) is 56.1 Å². The third kappa shape index (κ3) is 3.13. The lowest BCUT2D eigenvalue weighted by Crippen LogP contribution is -2.32. The fraction of sp³-hybridized carbons (Fsp3) is 0.611. The molecule has 1 saturated heterocycles. The molecule has 3 atom stereocenters. The molecule has 1 aromatic carbocycles. The summed E-state index contributed by atoms with van der Waals surface area (Å²) in [6.07, 6.45) is 3.95. The maximum Gasteiger partial charge on any atom is 0.227 e. The molecule has 114 valence electrons. The van der Waals surface area contributed by atoms with E-state index in [4.69, 9.17) is 5.73 Å². The lowest BCUT2D eigenvalue weighted by atomic mass is 9.79. The second kappa shape index (κ2) is 5.80. The summed E-state index contributed by atoms with van der Waals surface area (Å²) in [6, 6.07) is 6.71. The van der Waals surface area contributed by atoms with Gasteiger partial charge < -0.3 is 10.6 Å². The summed E-state index contributed by atoms with van der Waals surface area (Å²) in [6.45, 7) is 6.03. The fourth-order valence-corrected chi connectivity index (χ4v) is 3.94. The van der Waals surface area contributed by atoms with Crippen molar-refractivity contribution in [2.45, 2.75) is 45.6 Å². The monoisotopic (exact) mass is 286 g/mol. The Labute approximate surface area is 127 Å². The maximum absolute atomic E-state index is 12.6. The molecular formula is C18H26N2O. The van der Waals surface area contributed by atoms with E-state index in [-0.39, 0.29) is 5.91 Å². The maximum atomic E-state index is 12.6. The summed E-state index contributed by atoms with van der Waals surface area (Å²) in [5, 5.41) is 0. The van der Waals surface area contributed by atoms with Gasteiger partial charge in [-0.3, -0.25) is 4.79 Å². The van der Waals surface area contributed by atoms with Gasteiger partial charge in [0.1, 0.15) is 0 Å². The van der Waals surface area contributed by atoms with Gasteiger partial charge in [0.15, 0.2) is 0 Å². The summed E-state index contributed by atoms with van der Waals surface area (Å²) < 4.78 is 0. The summed E-state index contributed by atoms with van der Waals surface area (Å²) in [5.74, 6) is 1.61. The largest absolute Gasteiger partial charge is 0.342 e. The number of benzene rings is 1. The fourth-order valence-electron chi connectivity index (χ4n) is 3.94. The number of hydrogen-bond acceptors (Lipinski definition) is 2. The van der Waals surface area contributed by atoms with Gasteiger partial charge in [0.2, 0.25) is 5.91 Å². The Hall–Kier alpha value is -1.35. The van der Waals surface area contributed by atoms with Crippen LogP contribution in [0.15, 0.2) is 18.2 Å². The minimum atomic E-state index is 0.284. The van der Waals surface area contributed by atoms with E-state index in [2.05, 4.69) is 36.9 Å². The second-order valence-corrected chi connectivity index (χ2v) is 7.00. The van der Waals surface area contributed by atoms with Gasteiger partial charge in [0.05, 0.1) is 6.42 Å². The molecule has 0 aromatic heterocycles. The third-order valence-corrected chi connectivity index (χ3v) is 5.29. The molecule has 0 spiro atoms. The van der Waals surface area contributed by atoms with Gasteiger partial charge in [0.25, 0.3) is 0 Å². The number of aryl methyl sites for hydroxylation is 2. The van der Waals surface area contributed by atoms with Crippen molar-refractivity contribution >= 4 is 5.91 Å². The highest BCUT2D eigenvalue weighted by Crippen LogP contribution is 2.35. The lowest BCUT2D eigenvalue weighted by molar-refractivity contribution is -0.129. The van der Waals surface area contributed by atoms with Crippen LogP contribution in [0.5, 0.6) is 0 Å². The van der Waals surface area contributed by atoms with Gasteiger partial charge in [0, 0.05) is 19.1 Å². The van der Waals surface area contributed by atoms with Crippen LogP contribution in [-0.4, -0.2) is 29.9 Å². The van der Waals surface area contributed by atoms with E-state index in [0.29, 0.717) is 24.3 Å². The first-order chi connectivity index (χ1) is 10.0. The lowest BCUT2D eigenvalue weighted by Gasteiger charge is -2.27. The molecule has 1 unspecified atom stereocenters. The van der Waals surface area contributed by atoms with Crippen molar-refractivity contribution in [3.05, 3.63) is 34.9 Å². The number of carbonyl (C=O) groups is 1. The van der Waals surface area contributed by atoms with Crippen LogP contribution in [0.1, 0.15) is 36.0 Å². The molecule has 1 amide bonds. The zero-order valence-electron chi connectivity index (χ0n) is 13.1. The number of amides is 1. The SMILES string of the molecule is Cc1ccc(C)c(CC(=O)N2C[C@H]3CCC(N)C[C@H]3C2)c1. The molecule has 1 aliphatic carbocycles. The van der Waals surface area contributed by atoms with Crippen LogP contribution >= 0.6 is 0 Å². The van der Waals surface area contributed by atoms with Crippen LogP contribution in [0.25, 0.3) is 0 Å². The van der Waals surface area contributed by atoms with Gasteiger partial charge in [-0.15, -0.1) is 0 Å². The number of likely N-dealkylation sites (tertiary alicyclic amines) is 1. The average Bonchev–Trinajstić information content (AvgIpc) is 2.86. The van der Waals surface area contributed by atoms with Crippen LogP contribution in [0, 0.1) is 25.7 Å². The highest BCUT2D eigenvalue weighted by Gasteiger charge is 2.38. The van der Waals surface area contributed by atoms with Crippen molar-refractivity contribution in [1.82, 2.24) is 4.90 Å². The Balaban J connectivity index is 1.65. The molecule has 21 heavy (non-hydrogen) atoms. The zero-order valence-corrected chi connectivity index (χ0v) is 13.1. The molecule has 2 N–H and O–H groups in total. The average molecular weight is 286 g/mol. The molecule has 3 heteroatoms. The first-order valence-electron chi connectivity index (χ1n) is 8.12. The molecular weight excluding hydrogens is 260 g/mol.